The Balaban J connectivity index is 2.22. The van der Waals surface area contributed by atoms with Crippen molar-refractivity contribution >= 4 is 11.5 Å². The minimum atomic E-state index is -0.520. The number of benzene rings is 2. The van der Waals surface area contributed by atoms with Crippen molar-refractivity contribution in [3.8, 4) is 11.5 Å². The van der Waals surface area contributed by atoms with Crippen molar-refractivity contribution in [2.24, 2.45) is 0 Å². The van der Waals surface area contributed by atoms with Crippen LogP contribution in [0.3, 0.4) is 0 Å². The van der Waals surface area contributed by atoms with E-state index in [0.717, 1.165) is 24.0 Å². The molecule has 0 amide bonds. The third-order valence-corrected chi connectivity index (χ3v) is 3.98. The third kappa shape index (κ3) is 4.35. The fraction of sp³-hybridized carbons (Fsp3) is 0.316. The van der Waals surface area contributed by atoms with Crippen LogP contribution in [0.25, 0.3) is 0 Å². The van der Waals surface area contributed by atoms with Gasteiger partial charge in [0, 0.05) is 11.6 Å². The van der Waals surface area contributed by atoms with E-state index in [4.69, 9.17) is 9.47 Å². The topological polar surface area (TPSA) is 78.7 Å². The molecule has 2 rings (SSSR count). The maximum Gasteiger partial charge on any atom is 0.273 e. The predicted octanol–water partition coefficient (Wildman–Crippen LogP) is 3.99. The van der Waals surface area contributed by atoms with Gasteiger partial charge in [0.05, 0.1) is 18.1 Å². The van der Waals surface area contributed by atoms with E-state index in [1.807, 2.05) is 32.0 Å². The highest BCUT2D eigenvalue weighted by molar-refractivity contribution is 5.98. The normalized spacial score (nSPS) is 10.4. The lowest BCUT2D eigenvalue weighted by molar-refractivity contribution is -0.385. The van der Waals surface area contributed by atoms with Gasteiger partial charge >= 0.3 is 0 Å². The van der Waals surface area contributed by atoms with Gasteiger partial charge < -0.3 is 9.47 Å². The van der Waals surface area contributed by atoms with Crippen molar-refractivity contribution in [1.82, 2.24) is 0 Å². The average Bonchev–Trinajstić information content (AvgIpc) is 2.65. The number of aryl methyl sites for hydroxylation is 2. The molecule has 0 fully saturated rings. The van der Waals surface area contributed by atoms with Crippen LogP contribution in [0.4, 0.5) is 5.69 Å². The molecule has 0 N–H and O–H groups in total. The van der Waals surface area contributed by atoms with Crippen LogP contribution in [0.5, 0.6) is 11.5 Å². The van der Waals surface area contributed by atoms with Gasteiger partial charge in [-0.25, -0.2) is 0 Å². The van der Waals surface area contributed by atoms with Crippen LogP contribution < -0.4 is 9.47 Å². The number of rotatable bonds is 8. The molecule has 2 aromatic rings. The lowest BCUT2D eigenvalue weighted by Gasteiger charge is -2.12. The maximum atomic E-state index is 12.6. The highest BCUT2D eigenvalue weighted by atomic mass is 16.6. The minimum Gasteiger partial charge on any atom is -0.493 e. The Labute approximate surface area is 146 Å². The second-order valence-corrected chi connectivity index (χ2v) is 5.50. The molecule has 25 heavy (non-hydrogen) atoms. The molecule has 0 bridgehead atoms. The summed E-state index contributed by atoms with van der Waals surface area (Å²) in [5.41, 5.74) is 2.54. The number of non-ortho nitro benzene ring substituents is 1. The summed E-state index contributed by atoms with van der Waals surface area (Å²) in [6, 6.07) is 9.89. The van der Waals surface area contributed by atoms with Crippen molar-refractivity contribution in [2.45, 2.75) is 26.7 Å². The Kier molecular flexibility index (Phi) is 6.11. The molecule has 0 aromatic heterocycles. The molecule has 0 atom stereocenters. The molecular formula is C19H21NO5. The molecule has 0 spiro atoms. The lowest BCUT2D eigenvalue weighted by Crippen LogP contribution is -2.14. The Morgan fingerprint density at radius 3 is 2.44 bits per heavy atom. The fourth-order valence-electron chi connectivity index (χ4n) is 2.52. The zero-order valence-corrected chi connectivity index (χ0v) is 14.6. The number of ketones is 1. The van der Waals surface area contributed by atoms with Crippen LogP contribution >= 0.6 is 0 Å². The quantitative estimate of drug-likeness (QED) is 0.411. The zero-order chi connectivity index (χ0) is 18.4. The minimum absolute atomic E-state index is 0.120. The Bertz CT molecular complexity index is 785. The highest BCUT2D eigenvalue weighted by Crippen LogP contribution is 2.31. The number of nitro groups is 1. The Hall–Kier alpha value is -2.89. The summed E-state index contributed by atoms with van der Waals surface area (Å²) in [5.74, 6) is 0.354. The number of nitro benzene ring substituents is 1. The molecule has 0 unspecified atom stereocenters. The molecule has 0 aliphatic heterocycles. The van der Waals surface area contributed by atoms with E-state index in [1.54, 1.807) is 0 Å². The first-order valence-corrected chi connectivity index (χ1v) is 8.10. The molecule has 6 nitrogen and oxygen atoms in total. The molecule has 0 saturated carbocycles. The van der Waals surface area contributed by atoms with Crippen LogP contribution in [0.15, 0.2) is 36.4 Å². The van der Waals surface area contributed by atoms with Crippen LogP contribution in [0.2, 0.25) is 0 Å². The van der Waals surface area contributed by atoms with E-state index in [2.05, 4.69) is 0 Å². The smallest absolute Gasteiger partial charge is 0.273 e. The predicted molar refractivity (Wildman–Crippen MR) is 94.7 cm³/mol. The van der Waals surface area contributed by atoms with Crippen molar-refractivity contribution in [2.75, 3.05) is 13.7 Å². The first kappa shape index (κ1) is 18.4. The monoisotopic (exact) mass is 343 g/mol. The van der Waals surface area contributed by atoms with Gasteiger partial charge in [-0.15, -0.1) is 0 Å². The van der Waals surface area contributed by atoms with Crippen molar-refractivity contribution in [3.05, 3.63) is 63.2 Å². The molecule has 6 heteroatoms. The molecular weight excluding hydrogens is 322 g/mol. The molecule has 0 heterocycles. The van der Waals surface area contributed by atoms with Crippen molar-refractivity contribution in [1.29, 1.82) is 0 Å². The van der Waals surface area contributed by atoms with Gasteiger partial charge in [-0.3, -0.25) is 14.9 Å². The van der Waals surface area contributed by atoms with Crippen LogP contribution in [-0.4, -0.2) is 24.4 Å². The van der Waals surface area contributed by atoms with Gasteiger partial charge in [0.25, 0.3) is 5.69 Å². The van der Waals surface area contributed by atoms with Gasteiger partial charge in [0.15, 0.2) is 23.9 Å². The molecule has 0 radical (unpaired) electrons. The fourth-order valence-corrected chi connectivity index (χ4v) is 2.52. The van der Waals surface area contributed by atoms with Gasteiger partial charge in [0.2, 0.25) is 0 Å². The summed E-state index contributed by atoms with van der Waals surface area (Å²) in [5, 5.41) is 10.9. The standard InChI is InChI=1S/C19H21NO5/c1-4-13-6-7-14(5-2)16(10-13)17(21)12-25-19-11-15(20(22)23)8-9-18(19)24-3/h6-11H,4-5,12H2,1-3H3. The first-order chi connectivity index (χ1) is 12.0. The van der Waals surface area contributed by atoms with Crippen LogP contribution in [0.1, 0.15) is 35.3 Å². The number of ether oxygens (including phenoxy) is 2. The van der Waals surface area contributed by atoms with Gasteiger partial charge in [0.1, 0.15) is 0 Å². The highest BCUT2D eigenvalue weighted by Gasteiger charge is 2.16. The number of Topliss-reactive ketones (excluding diaryl/α,β-unsaturated/α-hetero) is 1. The van der Waals surface area contributed by atoms with Crippen LogP contribution in [0, 0.1) is 10.1 Å². The van der Waals surface area contributed by atoms with Crippen molar-refractivity contribution < 1.29 is 19.2 Å². The molecule has 132 valence electrons. The number of hydrogen-bond acceptors (Lipinski definition) is 5. The number of nitrogens with zero attached hydrogens (tertiary/aromatic N) is 1. The van der Waals surface area contributed by atoms with Crippen LogP contribution in [-0.2, 0) is 12.8 Å². The van der Waals surface area contributed by atoms with E-state index < -0.39 is 4.92 Å². The van der Waals surface area contributed by atoms with Crippen molar-refractivity contribution in [3.63, 3.8) is 0 Å². The average molecular weight is 343 g/mol. The lowest BCUT2D eigenvalue weighted by atomic mass is 9.98. The largest absolute Gasteiger partial charge is 0.493 e. The van der Waals surface area contributed by atoms with Gasteiger partial charge in [-0.05, 0) is 36.1 Å². The zero-order valence-electron chi connectivity index (χ0n) is 14.6. The molecule has 0 saturated heterocycles. The third-order valence-electron chi connectivity index (χ3n) is 3.98. The van der Waals surface area contributed by atoms with E-state index >= 15 is 0 Å². The number of carbonyl (C=O) groups excluding carboxylic acids is 1. The number of methoxy groups -OCH3 is 1. The Morgan fingerprint density at radius 1 is 1.08 bits per heavy atom. The van der Waals surface area contributed by atoms with Gasteiger partial charge in [-0.2, -0.15) is 0 Å². The van der Waals surface area contributed by atoms with E-state index in [1.165, 1.54) is 25.3 Å². The summed E-state index contributed by atoms with van der Waals surface area (Å²) in [7, 11) is 1.44. The molecule has 0 aliphatic rings. The van der Waals surface area contributed by atoms with E-state index in [0.29, 0.717) is 11.3 Å². The number of hydrogen-bond donors (Lipinski definition) is 0. The summed E-state index contributed by atoms with van der Waals surface area (Å²) in [6.07, 6.45) is 1.58. The molecule has 0 aliphatic carbocycles. The summed E-state index contributed by atoms with van der Waals surface area (Å²) in [4.78, 5) is 23.0. The molecule has 2 aromatic carbocycles. The maximum absolute atomic E-state index is 12.6. The van der Waals surface area contributed by atoms with E-state index in [9.17, 15) is 14.9 Å². The second kappa shape index (κ2) is 8.28. The van der Waals surface area contributed by atoms with E-state index in [-0.39, 0.29) is 23.8 Å². The Morgan fingerprint density at radius 2 is 1.84 bits per heavy atom. The number of carbonyl (C=O) groups is 1. The SMILES string of the molecule is CCc1ccc(CC)c(C(=O)COc2cc([N+](=O)[O-])ccc2OC)c1. The summed E-state index contributed by atoms with van der Waals surface area (Å²) >= 11 is 0. The first-order valence-electron chi connectivity index (χ1n) is 8.10. The van der Waals surface area contributed by atoms with Gasteiger partial charge in [-0.1, -0.05) is 26.0 Å². The summed E-state index contributed by atoms with van der Waals surface area (Å²) in [6.45, 7) is 3.81. The second-order valence-electron chi connectivity index (χ2n) is 5.50. The summed E-state index contributed by atoms with van der Waals surface area (Å²) < 4.78 is 10.7.